The summed E-state index contributed by atoms with van der Waals surface area (Å²) in [5.41, 5.74) is 11.8. The molecule has 1 heterocycles. The van der Waals surface area contributed by atoms with E-state index < -0.39 is 6.36 Å². The minimum Gasteiger partial charge on any atom is -0.406 e. The average Bonchev–Trinajstić information content (AvgIpc) is 2.94. The summed E-state index contributed by atoms with van der Waals surface area (Å²) < 4.78 is 40.7. The third-order valence-electron chi connectivity index (χ3n) is 6.39. The van der Waals surface area contributed by atoms with Gasteiger partial charge in [0, 0.05) is 23.0 Å². The van der Waals surface area contributed by atoms with Gasteiger partial charge in [-0.25, -0.2) is 9.98 Å². The Labute approximate surface area is 241 Å². The Bertz CT molecular complexity index is 1450. The first kappa shape index (κ1) is 29.9. The fraction of sp³-hybridized carbons (Fsp3) is 0.267. The van der Waals surface area contributed by atoms with E-state index in [0.29, 0.717) is 17.3 Å². The Morgan fingerprint density at radius 1 is 1.10 bits per heavy atom. The number of halogens is 3. The van der Waals surface area contributed by atoms with Gasteiger partial charge in [-0.15, -0.1) is 18.3 Å². The van der Waals surface area contributed by atoms with E-state index in [1.165, 1.54) is 47.4 Å². The number of amidine groups is 2. The van der Waals surface area contributed by atoms with Crippen LogP contribution in [0.25, 0.3) is 0 Å². The first-order valence-corrected chi connectivity index (χ1v) is 14.1. The van der Waals surface area contributed by atoms with E-state index in [0.717, 1.165) is 29.3 Å². The molecule has 4 rings (SSSR count). The van der Waals surface area contributed by atoms with E-state index in [1.807, 2.05) is 24.3 Å². The Kier molecular flexibility index (Phi) is 9.82. The number of thioether (sulfide) groups is 1. The zero-order valence-electron chi connectivity index (χ0n) is 23.0. The van der Waals surface area contributed by atoms with Crippen molar-refractivity contribution >= 4 is 46.7 Å². The van der Waals surface area contributed by atoms with Crippen LogP contribution in [0.2, 0.25) is 0 Å². The predicted octanol–water partition coefficient (Wildman–Crippen LogP) is 7.24. The molecular weight excluding hydrogens is 549 g/mol. The van der Waals surface area contributed by atoms with Crippen molar-refractivity contribution in [3.05, 3.63) is 89.0 Å². The Balaban J connectivity index is 1.42. The fourth-order valence-electron chi connectivity index (χ4n) is 4.30. The number of rotatable bonds is 8. The number of benzene rings is 3. The lowest BCUT2D eigenvalue weighted by atomic mass is 10.0. The highest BCUT2D eigenvalue weighted by atomic mass is 32.2. The van der Waals surface area contributed by atoms with Crippen LogP contribution >= 0.6 is 11.8 Å². The number of nitrogens with two attached hydrogens (primary N) is 1. The fourth-order valence-corrected chi connectivity index (χ4v) is 5.46. The van der Waals surface area contributed by atoms with E-state index in [9.17, 15) is 13.2 Å². The molecule has 3 aromatic carbocycles. The van der Waals surface area contributed by atoms with Crippen molar-refractivity contribution in [2.24, 2.45) is 25.9 Å². The summed E-state index contributed by atoms with van der Waals surface area (Å²) in [7, 11) is 0. The first-order valence-electron chi connectivity index (χ1n) is 13.1. The number of aliphatic imine (C=N–C) groups is 2. The molecule has 1 unspecified atom stereocenters. The maximum absolute atomic E-state index is 12.3. The Morgan fingerprint density at radius 3 is 2.51 bits per heavy atom. The average molecular weight is 581 g/mol. The number of nitrogens with zero attached hydrogens (tertiary/aromatic N) is 5. The first-order chi connectivity index (χ1) is 19.6. The van der Waals surface area contributed by atoms with Crippen LogP contribution in [0, 0.1) is 6.92 Å². The molecule has 0 bridgehead atoms. The molecule has 0 saturated carbocycles. The molecule has 0 aromatic heterocycles. The van der Waals surface area contributed by atoms with Crippen molar-refractivity contribution in [1.29, 1.82) is 0 Å². The molecule has 1 aliphatic heterocycles. The van der Waals surface area contributed by atoms with Crippen molar-refractivity contribution in [3.8, 4) is 5.75 Å². The van der Waals surface area contributed by atoms with Gasteiger partial charge in [0.1, 0.15) is 17.9 Å². The molecule has 1 atom stereocenters. The third kappa shape index (κ3) is 8.20. The second kappa shape index (κ2) is 13.5. The standard InChI is InChI=1S/C30H31F3N6OS/c1-4-23-7-5-6-20(2)27(23)39-21(3)16-17-41-29(39)38-37-18-22-8-10-24(11-9-22)28(34)36-19-35-25-12-14-26(15-13-25)40-30(31,32)33/h5-15,18-19,21H,4,16-17H2,1-3H3,(H2,34,35,36)/b37-18+,38-29-. The number of aryl methyl sites for hydroxylation is 2. The second-order valence-corrected chi connectivity index (χ2v) is 10.4. The van der Waals surface area contributed by atoms with Crippen LogP contribution in [-0.4, -0.2) is 41.7 Å². The SMILES string of the molecule is CCc1cccc(C)c1N1/C(=N/N=C/c2ccc(C(N)=NC=Nc3ccc(OC(F)(F)F)cc3)cc2)SCCC1C. The molecule has 1 aliphatic rings. The summed E-state index contributed by atoms with van der Waals surface area (Å²) >= 11 is 1.71. The van der Waals surface area contributed by atoms with Crippen molar-refractivity contribution in [3.63, 3.8) is 0 Å². The van der Waals surface area contributed by atoms with E-state index in [-0.39, 0.29) is 11.6 Å². The zero-order valence-corrected chi connectivity index (χ0v) is 23.8. The molecule has 1 saturated heterocycles. The molecule has 0 radical (unpaired) electrons. The molecule has 0 amide bonds. The van der Waals surface area contributed by atoms with Gasteiger partial charge in [-0.2, -0.15) is 5.10 Å². The number of ether oxygens (including phenoxy) is 1. The van der Waals surface area contributed by atoms with Gasteiger partial charge in [-0.3, -0.25) is 0 Å². The summed E-state index contributed by atoms with van der Waals surface area (Å²) in [5.74, 6) is 0.909. The number of alkyl halides is 3. The summed E-state index contributed by atoms with van der Waals surface area (Å²) in [6.45, 7) is 6.53. The quantitative estimate of drug-likeness (QED) is 0.173. The maximum atomic E-state index is 12.3. The largest absolute Gasteiger partial charge is 0.573 e. The molecule has 0 aliphatic carbocycles. The lowest BCUT2D eigenvalue weighted by Gasteiger charge is -2.37. The molecule has 11 heteroatoms. The van der Waals surface area contributed by atoms with Crippen LogP contribution < -0.4 is 15.4 Å². The van der Waals surface area contributed by atoms with Gasteiger partial charge in [-0.1, -0.05) is 61.2 Å². The molecule has 1 fully saturated rings. The summed E-state index contributed by atoms with van der Waals surface area (Å²) in [6.07, 6.45) is 0.221. The van der Waals surface area contributed by atoms with E-state index in [4.69, 9.17) is 5.73 Å². The lowest BCUT2D eigenvalue weighted by molar-refractivity contribution is -0.274. The maximum Gasteiger partial charge on any atom is 0.573 e. The van der Waals surface area contributed by atoms with E-state index in [2.05, 4.69) is 68.8 Å². The Morgan fingerprint density at radius 2 is 1.83 bits per heavy atom. The van der Waals surface area contributed by atoms with Gasteiger partial charge in [0.05, 0.1) is 11.9 Å². The van der Waals surface area contributed by atoms with Crippen LogP contribution in [0.4, 0.5) is 24.5 Å². The van der Waals surface area contributed by atoms with Gasteiger partial charge in [0.15, 0.2) is 5.17 Å². The summed E-state index contributed by atoms with van der Waals surface area (Å²) in [5, 5.41) is 9.88. The normalized spacial score (nSPS) is 17.6. The van der Waals surface area contributed by atoms with E-state index >= 15 is 0 Å². The molecule has 41 heavy (non-hydrogen) atoms. The topological polar surface area (TPSA) is 87.9 Å². The zero-order chi connectivity index (χ0) is 29.4. The van der Waals surface area contributed by atoms with Crippen molar-refractivity contribution in [2.75, 3.05) is 10.7 Å². The lowest BCUT2D eigenvalue weighted by Crippen LogP contribution is -2.42. The van der Waals surface area contributed by atoms with Crippen molar-refractivity contribution in [2.45, 2.75) is 46.0 Å². The number of anilines is 1. The predicted molar refractivity (Wildman–Crippen MR) is 163 cm³/mol. The highest BCUT2D eigenvalue weighted by molar-refractivity contribution is 8.14. The molecule has 0 spiro atoms. The smallest absolute Gasteiger partial charge is 0.406 e. The summed E-state index contributed by atoms with van der Waals surface area (Å²) in [6, 6.07) is 19.2. The third-order valence-corrected chi connectivity index (χ3v) is 7.36. The minimum atomic E-state index is -4.74. The summed E-state index contributed by atoms with van der Waals surface area (Å²) in [4.78, 5) is 10.5. The van der Waals surface area contributed by atoms with Crippen LogP contribution in [0.3, 0.4) is 0 Å². The number of hydrogen-bond donors (Lipinski definition) is 1. The van der Waals surface area contributed by atoms with Gasteiger partial charge >= 0.3 is 6.36 Å². The van der Waals surface area contributed by atoms with E-state index in [1.54, 1.807) is 18.0 Å². The monoisotopic (exact) mass is 580 g/mol. The van der Waals surface area contributed by atoms with Crippen LogP contribution in [-0.2, 0) is 6.42 Å². The van der Waals surface area contributed by atoms with Gasteiger partial charge in [-0.05, 0) is 67.6 Å². The van der Waals surface area contributed by atoms with Gasteiger partial charge in [0.2, 0.25) is 0 Å². The highest BCUT2D eigenvalue weighted by Crippen LogP contribution is 2.34. The molecule has 214 valence electrons. The van der Waals surface area contributed by atoms with Crippen LogP contribution in [0.5, 0.6) is 5.75 Å². The minimum absolute atomic E-state index is 0.239. The second-order valence-electron chi connectivity index (χ2n) is 9.34. The molecule has 7 nitrogen and oxygen atoms in total. The van der Waals surface area contributed by atoms with Crippen LogP contribution in [0.15, 0.2) is 86.9 Å². The molecule has 2 N–H and O–H groups in total. The van der Waals surface area contributed by atoms with Crippen molar-refractivity contribution < 1.29 is 17.9 Å². The number of hydrogen-bond acceptors (Lipinski definition) is 5. The van der Waals surface area contributed by atoms with Crippen LogP contribution in [0.1, 0.15) is 42.5 Å². The molecule has 3 aromatic rings. The van der Waals surface area contributed by atoms with Gasteiger partial charge < -0.3 is 15.4 Å². The van der Waals surface area contributed by atoms with Crippen molar-refractivity contribution in [1.82, 2.24) is 0 Å². The molecular formula is C30H31F3N6OS. The highest BCUT2D eigenvalue weighted by Gasteiger charge is 2.31. The van der Waals surface area contributed by atoms with Gasteiger partial charge in [0.25, 0.3) is 0 Å². The number of para-hydroxylation sites is 1. The Hall–Kier alpha value is -4.12.